The largest absolute Gasteiger partial charge is 0.498 e. The molecule has 0 aliphatic carbocycles. The van der Waals surface area contributed by atoms with E-state index in [-0.39, 0.29) is 0 Å². The Morgan fingerprint density at radius 3 is 2.70 bits per heavy atom. The highest BCUT2D eigenvalue weighted by Crippen LogP contribution is 2.07. The van der Waals surface area contributed by atoms with E-state index < -0.39 is 0 Å². The highest BCUT2D eigenvalue weighted by molar-refractivity contribution is 5.54. The van der Waals surface area contributed by atoms with Crippen molar-refractivity contribution in [1.29, 1.82) is 0 Å². The zero-order chi connectivity index (χ0) is 7.40. The van der Waals surface area contributed by atoms with E-state index in [9.17, 15) is 5.21 Å². The first-order chi connectivity index (χ1) is 4.84. The summed E-state index contributed by atoms with van der Waals surface area (Å²) in [6, 6.07) is 9.14. The molecule has 0 saturated carbocycles. The van der Waals surface area contributed by atoms with Crippen LogP contribution in [0.3, 0.4) is 0 Å². The van der Waals surface area contributed by atoms with Gasteiger partial charge in [-0.25, -0.2) is 0 Å². The molecule has 0 unspecified atom stereocenters. The van der Waals surface area contributed by atoms with Gasteiger partial charge in [-0.15, -0.1) is 0 Å². The van der Waals surface area contributed by atoms with Gasteiger partial charge in [-0.2, -0.15) is 0 Å². The summed E-state index contributed by atoms with van der Waals surface area (Å²) >= 11 is 0. The third-order valence-electron chi connectivity index (χ3n) is 1.13. The molecule has 0 saturated heterocycles. The lowest BCUT2D eigenvalue weighted by molar-refractivity contribution is 1.63. The Labute approximate surface area is 58.5 Å². The van der Waals surface area contributed by atoms with Crippen molar-refractivity contribution < 1.29 is 0 Å². The molecule has 0 atom stereocenters. The molecule has 0 bridgehead atoms. The minimum atomic E-state index is 0.516. The first kappa shape index (κ1) is 6.43. The van der Waals surface area contributed by atoms with Crippen LogP contribution in [0.4, 0.5) is 5.69 Å². The van der Waals surface area contributed by atoms with E-state index in [4.69, 9.17) is 5.73 Å². The molecule has 0 aliphatic rings. The minimum absolute atomic E-state index is 0.516. The molecule has 3 heteroatoms. The molecular formula is C7H6N2O. The second-order valence-corrected chi connectivity index (χ2v) is 1.79. The molecule has 1 rings (SSSR count). The first-order valence-electron chi connectivity index (χ1n) is 2.77. The van der Waals surface area contributed by atoms with Gasteiger partial charge in [0.25, 0.3) is 0 Å². The summed E-state index contributed by atoms with van der Waals surface area (Å²) < 4.78 is 0. The topological polar surface area (TPSA) is 53.4 Å². The van der Waals surface area contributed by atoms with Crippen molar-refractivity contribution in [3.05, 3.63) is 40.0 Å². The molecule has 1 aromatic carbocycles. The third kappa shape index (κ3) is 1.17. The van der Waals surface area contributed by atoms with Crippen molar-refractivity contribution >= 4 is 5.69 Å². The van der Waals surface area contributed by atoms with Gasteiger partial charge in [0.15, 0.2) is 0 Å². The predicted octanol–water partition coefficient (Wildman–Crippen LogP) is 1.45. The van der Waals surface area contributed by atoms with Crippen LogP contribution in [0.2, 0.25) is 0 Å². The number of nitrogens with zero attached hydrogens (tertiary/aromatic N) is 1. The molecule has 50 valence electrons. The number of benzene rings is 1. The van der Waals surface area contributed by atoms with E-state index in [1.54, 1.807) is 24.3 Å². The Bertz CT molecular complexity index is 285. The Kier molecular flexibility index (Phi) is 1.76. The van der Waals surface area contributed by atoms with E-state index in [0.717, 1.165) is 0 Å². The monoisotopic (exact) mass is 134 g/mol. The number of anilines is 1. The van der Waals surface area contributed by atoms with Crippen molar-refractivity contribution in [2.75, 3.05) is 5.73 Å². The quantitative estimate of drug-likeness (QED) is 0.431. The van der Waals surface area contributed by atoms with Gasteiger partial charge in [-0.3, -0.25) is 0 Å². The van der Waals surface area contributed by atoms with Crippen LogP contribution in [-0.4, -0.2) is 0 Å². The van der Waals surface area contributed by atoms with Crippen molar-refractivity contribution in [2.24, 2.45) is 0 Å². The number of nitrogen functional groups attached to an aromatic ring is 1. The second kappa shape index (κ2) is 2.74. The zero-order valence-electron chi connectivity index (χ0n) is 5.24. The molecule has 0 fully saturated rings. The lowest BCUT2D eigenvalue weighted by atomic mass is 10.2. The van der Waals surface area contributed by atoms with Crippen molar-refractivity contribution in [2.45, 2.75) is 0 Å². The Hall–Kier alpha value is -1.69. The van der Waals surface area contributed by atoms with Crippen LogP contribution >= 0.6 is 0 Å². The average Bonchev–Trinajstić information content (AvgIpc) is 1.94. The Balaban J connectivity index is 3.11. The lowest BCUT2D eigenvalue weighted by Crippen LogP contribution is -1.87. The van der Waals surface area contributed by atoms with Crippen LogP contribution in [0.5, 0.6) is 0 Å². The molecule has 0 aliphatic heterocycles. The zero-order valence-corrected chi connectivity index (χ0v) is 5.24. The molecule has 1 aromatic rings. The van der Waals surface area contributed by atoms with Crippen LogP contribution in [0.1, 0.15) is 5.56 Å². The molecule has 3 nitrogen and oxygen atoms in total. The maximum Gasteiger partial charge on any atom is 0.338 e. The van der Waals surface area contributed by atoms with E-state index >= 15 is 0 Å². The number of para-hydroxylation sites is 1. The fraction of sp³-hybridized carbons (Fsp3) is 0. The van der Waals surface area contributed by atoms with Crippen molar-refractivity contribution in [3.8, 4) is 6.07 Å². The first-order valence-corrected chi connectivity index (χ1v) is 2.77. The molecule has 0 spiro atoms. The Morgan fingerprint density at radius 2 is 2.10 bits per heavy atom. The molecule has 0 aromatic heterocycles. The van der Waals surface area contributed by atoms with Crippen LogP contribution in [-0.2, 0) is 0 Å². The molecule has 10 heavy (non-hydrogen) atoms. The van der Waals surface area contributed by atoms with Crippen molar-refractivity contribution in [1.82, 2.24) is 0 Å². The number of hydrogen-bond donors (Lipinski definition) is 1. The van der Waals surface area contributed by atoms with Crippen LogP contribution in [0, 0.1) is 11.3 Å². The second-order valence-electron chi connectivity index (χ2n) is 1.79. The Morgan fingerprint density at radius 1 is 1.40 bits per heavy atom. The highest BCUT2D eigenvalue weighted by Gasteiger charge is 1.96. The fourth-order valence-electron chi connectivity index (χ4n) is 0.648. The fourth-order valence-corrected chi connectivity index (χ4v) is 0.648. The highest BCUT2D eigenvalue weighted by atomic mass is 16.4. The van der Waals surface area contributed by atoms with Gasteiger partial charge in [0, 0.05) is 5.01 Å². The van der Waals surface area contributed by atoms with Gasteiger partial charge in [0.2, 0.25) is 0 Å². The van der Waals surface area contributed by atoms with Gasteiger partial charge < -0.3 is 10.9 Å². The molecular weight excluding hydrogens is 128 g/mol. The van der Waals surface area contributed by atoms with Gasteiger partial charge in [-0.1, -0.05) is 12.1 Å². The van der Waals surface area contributed by atoms with E-state index in [0.29, 0.717) is 11.3 Å². The molecule has 2 N–H and O–H groups in total. The summed E-state index contributed by atoms with van der Waals surface area (Å²) in [6.07, 6.45) is 0. The number of nitrogens with two attached hydrogens (primary N) is 1. The smallest absolute Gasteiger partial charge is 0.338 e. The summed E-state index contributed by atoms with van der Waals surface area (Å²) in [5.41, 5.74) is 6.50. The van der Waals surface area contributed by atoms with Crippen LogP contribution in [0.25, 0.3) is 5.01 Å². The lowest BCUT2D eigenvalue weighted by Gasteiger charge is -1.89. The standard InChI is InChI=1S/C7H6N2O/c8-7-4-2-1-3-6(7)5-9-10/h1-4H,8H2. The van der Waals surface area contributed by atoms with Gasteiger partial charge in [0.05, 0.1) is 5.69 Å². The summed E-state index contributed by atoms with van der Waals surface area (Å²) in [4.78, 5) is 0. The third-order valence-corrected chi connectivity index (χ3v) is 1.13. The molecule has 0 amide bonds. The molecule has 0 heterocycles. The minimum Gasteiger partial charge on any atom is -0.498 e. The summed E-state index contributed by atoms with van der Waals surface area (Å²) in [5.74, 6) is 0. The SMILES string of the molecule is Nc1ccccc1C#[N+][O-]. The van der Waals surface area contributed by atoms with Crippen LogP contribution in [0.15, 0.2) is 24.3 Å². The maximum absolute atomic E-state index is 9.71. The van der Waals surface area contributed by atoms with E-state index in [1.165, 1.54) is 0 Å². The van der Waals surface area contributed by atoms with Gasteiger partial charge in [0.1, 0.15) is 5.56 Å². The van der Waals surface area contributed by atoms with Gasteiger partial charge >= 0.3 is 6.07 Å². The van der Waals surface area contributed by atoms with Crippen molar-refractivity contribution in [3.63, 3.8) is 0 Å². The number of rotatable bonds is 0. The number of hydrogen-bond acceptors (Lipinski definition) is 2. The maximum atomic E-state index is 9.71. The van der Waals surface area contributed by atoms with Crippen LogP contribution < -0.4 is 5.73 Å². The average molecular weight is 134 g/mol. The van der Waals surface area contributed by atoms with E-state index in [1.807, 2.05) is 0 Å². The summed E-state index contributed by atoms with van der Waals surface area (Å²) in [7, 11) is 0. The molecule has 0 radical (unpaired) electrons. The summed E-state index contributed by atoms with van der Waals surface area (Å²) in [5, 5.41) is 12.2. The predicted molar refractivity (Wildman–Crippen MR) is 40.6 cm³/mol. The van der Waals surface area contributed by atoms with E-state index in [2.05, 4.69) is 11.1 Å². The van der Waals surface area contributed by atoms with Gasteiger partial charge in [-0.05, 0) is 12.1 Å². The normalized spacial score (nSPS) is 8.00. The summed E-state index contributed by atoms with van der Waals surface area (Å²) in [6.45, 7) is 0.